The van der Waals surface area contributed by atoms with Gasteiger partial charge in [-0.05, 0) is 31.3 Å². The summed E-state index contributed by atoms with van der Waals surface area (Å²) >= 11 is 0. The van der Waals surface area contributed by atoms with Crippen molar-refractivity contribution in [2.45, 2.75) is 19.5 Å². The highest BCUT2D eigenvalue weighted by atomic mass is 16.4. The molecule has 0 bridgehead atoms. The summed E-state index contributed by atoms with van der Waals surface area (Å²) in [6.07, 6.45) is 5.75. The molecule has 0 saturated carbocycles. The molecule has 0 aromatic carbocycles. The number of hydrogen-bond donors (Lipinski definition) is 3. The molecular formula is C9H14N2O2. The first-order chi connectivity index (χ1) is 6.25. The van der Waals surface area contributed by atoms with Crippen LogP contribution < -0.4 is 10.6 Å². The van der Waals surface area contributed by atoms with Crippen LogP contribution in [0.25, 0.3) is 0 Å². The summed E-state index contributed by atoms with van der Waals surface area (Å²) < 4.78 is 0. The Kier molecular flexibility index (Phi) is 3.52. The lowest BCUT2D eigenvalue weighted by Crippen LogP contribution is -2.44. The summed E-state index contributed by atoms with van der Waals surface area (Å²) in [6.45, 7) is 2.84. The Bertz CT molecular complexity index is 246. The van der Waals surface area contributed by atoms with Gasteiger partial charge in [0.25, 0.3) is 0 Å². The number of hydrogen-bond acceptors (Lipinski definition) is 3. The van der Waals surface area contributed by atoms with E-state index in [0.29, 0.717) is 5.57 Å². The molecule has 1 rings (SSSR count). The Morgan fingerprint density at radius 1 is 1.77 bits per heavy atom. The maximum atomic E-state index is 10.7. The monoisotopic (exact) mass is 182 g/mol. The second-order valence-electron chi connectivity index (χ2n) is 2.84. The molecule has 0 aliphatic carbocycles. The fourth-order valence-electron chi connectivity index (χ4n) is 1.14. The minimum absolute atomic E-state index is 0.262. The Labute approximate surface area is 77.3 Å². The Balaban J connectivity index is 2.58. The maximum Gasteiger partial charge on any atom is 0.335 e. The summed E-state index contributed by atoms with van der Waals surface area (Å²) in [6, 6.07) is 0. The van der Waals surface area contributed by atoms with Gasteiger partial charge in [0.05, 0.1) is 5.57 Å². The second kappa shape index (κ2) is 4.67. The molecular weight excluding hydrogens is 168 g/mol. The van der Waals surface area contributed by atoms with E-state index in [-0.39, 0.29) is 6.17 Å². The number of aliphatic carboxylic acids is 1. The van der Waals surface area contributed by atoms with E-state index in [1.165, 1.54) is 0 Å². The van der Waals surface area contributed by atoms with Crippen molar-refractivity contribution in [3.8, 4) is 0 Å². The van der Waals surface area contributed by atoms with Crippen LogP contribution in [0, 0.1) is 0 Å². The van der Waals surface area contributed by atoms with Gasteiger partial charge < -0.3 is 10.4 Å². The normalized spacial score (nSPS) is 20.7. The van der Waals surface area contributed by atoms with Gasteiger partial charge in [0.15, 0.2) is 0 Å². The Morgan fingerprint density at radius 3 is 3.15 bits per heavy atom. The summed E-state index contributed by atoms with van der Waals surface area (Å²) in [4.78, 5) is 10.7. The van der Waals surface area contributed by atoms with Crippen LogP contribution in [0.1, 0.15) is 13.3 Å². The van der Waals surface area contributed by atoms with E-state index in [1.54, 1.807) is 18.4 Å². The fourth-order valence-corrected chi connectivity index (χ4v) is 1.14. The molecule has 0 aromatic heterocycles. The fraction of sp³-hybridized carbons (Fsp3) is 0.444. The first-order valence-electron chi connectivity index (χ1n) is 4.35. The first kappa shape index (κ1) is 9.80. The van der Waals surface area contributed by atoms with Gasteiger partial charge in [-0.1, -0.05) is 6.92 Å². The smallest absolute Gasteiger partial charge is 0.335 e. The molecule has 4 nitrogen and oxygen atoms in total. The lowest BCUT2D eigenvalue weighted by Gasteiger charge is -2.21. The van der Waals surface area contributed by atoms with E-state index >= 15 is 0 Å². The lowest BCUT2D eigenvalue weighted by molar-refractivity contribution is -0.133. The molecule has 1 heterocycles. The maximum absolute atomic E-state index is 10.7. The number of nitrogens with one attached hydrogen (secondary N) is 2. The number of rotatable bonds is 4. The molecule has 1 aliphatic rings. The van der Waals surface area contributed by atoms with Crippen LogP contribution in [-0.4, -0.2) is 23.8 Å². The van der Waals surface area contributed by atoms with Crippen molar-refractivity contribution in [1.29, 1.82) is 0 Å². The molecule has 0 radical (unpaired) electrons. The predicted octanol–water partition coefficient (Wildman–Crippen LogP) is 0.440. The van der Waals surface area contributed by atoms with Gasteiger partial charge >= 0.3 is 5.97 Å². The Morgan fingerprint density at radius 2 is 2.54 bits per heavy atom. The van der Waals surface area contributed by atoms with Crippen LogP contribution in [0.3, 0.4) is 0 Å². The summed E-state index contributed by atoms with van der Waals surface area (Å²) in [5.74, 6) is -0.884. The minimum atomic E-state index is -0.884. The van der Waals surface area contributed by atoms with Gasteiger partial charge in [-0.15, -0.1) is 0 Å². The van der Waals surface area contributed by atoms with Crippen molar-refractivity contribution in [2.24, 2.45) is 0 Å². The van der Waals surface area contributed by atoms with Crippen molar-refractivity contribution in [1.82, 2.24) is 10.6 Å². The van der Waals surface area contributed by atoms with Crippen molar-refractivity contribution < 1.29 is 9.90 Å². The van der Waals surface area contributed by atoms with Crippen LogP contribution in [-0.2, 0) is 4.79 Å². The van der Waals surface area contributed by atoms with E-state index < -0.39 is 5.97 Å². The third-order valence-electron chi connectivity index (χ3n) is 1.79. The van der Waals surface area contributed by atoms with Crippen LogP contribution in [0.5, 0.6) is 0 Å². The number of dihydropyridines is 1. The third-order valence-corrected chi connectivity index (χ3v) is 1.79. The highest BCUT2D eigenvalue weighted by Gasteiger charge is 2.19. The Hall–Kier alpha value is -1.29. The average molecular weight is 182 g/mol. The molecule has 3 N–H and O–H groups in total. The van der Waals surface area contributed by atoms with Crippen molar-refractivity contribution in [3.05, 3.63) is 23.9 Å². The zero-order valence-corrected chi connectivity index (χ0v) is 7.58. The molecule has 1 atom stereocenters. The number of carboxylic acid groups (broad SMARTS) is 1. The van der Waals surface area contributed by atoms with E-state index in [0.717, 1.165) is 13.0 Å². The molecule has 0 fully saturated rings. The largest absolute Gasteiger partial charge is 0.478 e. The van der Waals surface area contributed by atoms with Gasteiger partial charge in [0, 0.05) is 0 Å². The number of carbonyl (C=O) groups is 1. The predicted molar refractivity (Wildman–Crippen MR) is 50.1 cm³/mol. The average Bonchev–Trinajstić information content (AvgIpc) is 2.15. The van der Waals surface area contributed by atoms with E-state index in [9.17, 15) is 4.79 Å². The standard InChI is InChI=1S/C9H14N2O2/c1-2-5-10-8-7(9(12)13)4-3-6-11-8/h3-4,6,8,10-11H,2,5H2,1H3,(H,12,13). The molecule has 4 heteroatoms. The topological polar surface area (TPSA) is 61.4 Å². The summed E-state index contributed by atoms with van der Waals surface area (Å²) in [7, 11) is 0. The van der Waals surface area contributed by atoms with Gasteiger partial charge in [0.1, 0.15) is 6.17 Å². The van der Waals surface area contributed by atoms with E-state index in [1.807, 2.05) is 6.92 Å². The van der Waals surface area contributed by atoms with Gasteiger partial charge in [-0.3, -0.25) is 5.32 Å². The van der Waals surface area contributed by atoms with Crippen LogP contribution in [0.15, 0.2) is 23.9 Å². The van der Waals surface area contributed by atoms with Gasteiger partial charge in [-0.2, -0.15) is 0 Å². The van der Waals surface area contributed by atoms with E-state index in [2.05, 4.69) is 10.6 Å². The molecule has 0 amide bonds. The van der Waals surface area contributed by atoms with E-state index in [4.69, 9.17) is 5.11 Å². The zero-order chi connectivity index (χ0) is 9.68. The SMILES string of the molecule is CCCNC1NC=CC=C1C(=O)O. The van der Waals surface area contributed by atoms with Gasteiger partial charge in [-0.25, -0.2) is 4.79 Å². The summed E-state index contributed by atoms with van der Waals surface area (Å²) in [5, 5.41) is 14.9. The third kappa shape index (κ3) is 2.59. The van der Waals surface area contributed by atoms with Crippen LogP contribution >= 0.6 is 0 Å². The van der Waals surface area contributed by atoms with Crippen LogP contribution in [0.2, 0.25) is 0 Å². The molecule has 0 saturated heterocycles. The molecule has 0 spiro atoms. The first-order valence-corrected chi connectivity index (χ1v) is 4.35. The highest BCUT2D eigenvalue weighted by Crippen LogP contribution is 2.05. The lowest BCUT2D eigenvalue weighted by atomic mass is 10.1. The van der Waals surface area contributed by atoms with Crippen molar-refractivity contribution in [3.63, 3.8) is 0 Å². The molecule has 13 heavy (non-hydrogen) atoms. The molecule has 1 unspecified atom stereocenters. The molecule has 72 valence electrons. The van der Waals surface area contributed by atoms with Crippen molar-refractivity contribution in [2.75, 3.05) is 6.54 Å². The van der Waals surface area contributed by atoms with Crippen LogP contribution in [0.4, 0.5) is 0 Å². The highest BCUT2D eigenvalue weighted by molar-refractivity contribution is 5.88. The number of allylic oxidation sites excluding steroid dienone is 2. The quantitative estimate of drug-likeness (QED) is 0.590. The zero-order valence-electron chi connectivity index (χ0n) is 7.58. The van der Waals surface area contributed by atoms with Gasteiger partial charge in [0.2, 0.25) is 0 Å². The van der Waals surface area contributed by atoms with Crippen molar-refractivity contribution >= 4 is 5.97 Å². The minimum Gasteiger partial charge on any atom is -0.478 e. The summed E-state index contributed by atoms with van der Waals surface area (Å²) in [5.41, 5.74) is 0.357. The number of carboxylic acids is 1. The molecule has 1 aliphatic heterocycles. The molecule has 0 aromatic rings. The second-order valence-corrected chi connectivity index (χ2v) is 2.84.